The molecule has 0 radical (unpaired) electrons. The van der Waals surface area contributed by atoms with Crippen molar-refractivity contribution in [2.45, 2.75) is 6.54 Å². The van der Waals surface area contributed by atoms with E-state index in [2.05, 4.69) is 21.2 Å². The molecule has 4 rings (SSSR count). The molecule has 2 aliphatic rings. The molecule has 2 aliphatic heterocycles. The number of hydrogen-bond acceptors (Lipinski definition) is 5. The second-order valence-corrected chi connectivity index (χ2v) is 6.26. The highest BCUT2D eigenvalue weighted by molar-refractivity contribution is 6.33. The van der Waals surface area contributed by atoms with Gasteiger partial charge in [-0.2, -0.15) is 5.10 Å². The lowest BCUT2D eigenvalue weighted by Crippen LogP contribution is -2.48. The van der Waals surface area contributed by atoms with Crippen molar-refractivity contribution < 1.29 is 14.3 Å². The third-order valence-corrected chi connectivity index (χ3v) is 4.60. The minimum atomic E-state index is -0.0970. The molecule has 0 spiro atoms. The Labute approximate surface area is 144 Å². The molecule has 2 aromatic rings. The number of hydrogen-bond donors (Lipinski definition) is 1. The third-order valence-electron chi connectivity index (χ3n) is 4.31. The number of nitrogens with one attached hydrogen (secondary N) is 1. The van der Waals surface area contributed by atoms with Gasteiger partial charge in [0.1, 0.15) is 5.69 Å². The van der Waals surface area contributed by atoms with Gasteiger partial charge in [0, 0.05) is 32.7 Å². The summed E-state index contributed by atoms with van der Waals surface area (Å²) in [5.74, 6) is 1.50. The first-order valence-electron chi connectivity index (χ1n) is 7.80. The predicted octanol–water partition coefficient (Wildman–Crippen LogP) is 1.75. The first kappa shape index (κ1) is 15.3. The average molecular weight is 349 g/mol. The van der Waals surface area contributed by atoms with E-state index in [4.69, 9.17) is 21.1 Å². The number of nitrogens with zero attached hydrogens (tertiary/aromatic N) is 3. The molecule has 0 saturated carbocycles. The number of benzene rings is 1. The summed E-state index contributed by atoms with van der Waals surface area (Å²) in [5, 5.41) is 6.83. The predicted molar refractivity (Wildman–Crippen MR) is 87.3 cm³/mol. The van der Waals surface area contributed by atoms with Crippen molar-refractivity contribution >= 4 is 17.5 Å². The van der Waals surface area contributed by atoms with E-state index in [1.807, 2.05) is 12.1 Å². The molecule has 1 N–H and O–H groups in total. The maximum Gasteiger partial charge on any atom is 0.273 e. The molecule has 3 heterocycles. The number of aromatic nitrogens is 2. The van der Waals surface area contributed by atoms with E-state index in [0.717, 1.165) is 31.1 Å². The summed E-state index contributed by atoms with van der Waals surface area (Å²) in [6.45, 7) is 4.06. The fraction of sp³-hybridized carbons (Fsp3) is 0.375. The van der Waals surface area contributed by atoms with Gasteiger partial charge in [0.15, 0.2) is 11.5 Å². The SMILES string of the molecule is O=C(c1[nH]ncc1Cl)N1CCN(Cc2ccc3c(c2)OCO3)CC1. The Bertz CT molecular complexity index is 756. The highest BCUT2D eigenvalue weighted by Crippen LogP contribution is 2.32. The number of fused-ring (bicyclic) bond motifs is 1. The maximum atomic E-state index is 12.4. The van der Waals surface area contributed by atoms with Gasteiger partial charge in [-0.25, -0.2) is 0 Å². The fourth-order valence-corrected chi connectivity index (χ4v) is 3.16. The molecule has 126 valence electrons. The summed E-state index contributed by atoms with van der Waals surface area (Å²) >= 11 is 5.96. The van der Waals surface area contributed by atoms with Gasteiger partial charge >= 0.3 is 0 Å². The standard InChI is InChI=1S/C16H17ClN4O3/c17-12-8-18-19-15(12)16(22)21-5-3-20(4-6-21)9-11-1-2-13-14(7-11)24-10-23-13/h1-2,7-8H,3-6,9-10H2,(H,18,19). The Hall–Kier alpha value is -2.25. The molecule has 1 fully saturated rings. The zero-order valence-corrected chi connectivity index (χ0v) is 13.8. The van der Waals surface area contributed by atoms with E-state index in [9.17, 15) is 4.79 Å². The van der Waals surface area contributed by atoms with E-state index >= 15 is 0 Å². The number of piperazine rings is 1. The summed E-state index contributed by atoms with van der Waals surface area (Å²) in [6, 6.07) is 6.01. The molecule has 0 atom stereocenters. The summed E-state index contributed by atoms with van der Waals surface area (Å²) in [4.78, 5) is 16.5. The van der Waals surface area contributed by atoms with E-state index in [1.165, 1.54) is 11.8 Å². The van der Waals surface area contributed by atoms with Gasteiger partial charge in [0.05, 0.1) is 11.2 Å². The molecule has 1 saturated heterocycles. The van der Waals surface area contributed by atoms with Crippen LogP contribution in [0.15, 0.2) is 24.4 Å². The Morgan fingerprint density at radius 1 is 1.21 bits per heavy atom. The van der Waals surface area contributed by atoms with E-state index in [0.29, 0.717) is 23.8 Å². The van der Waals surface area contributed by atoms with E-state index in [1.54, 1.807) is 4.90 Å². The molecule has 1 amide bonds. The van der Waals surface area contributed by atoms with Crippen molar-refractivity contribution in [2.24, 2.45) is 0 Å². The van der Waals surface area contributed by atoms with Crippen molar-refractivity contribution in [1.29, 1.82) is 0 Å². The van der Waals surface area contributed by atoms with Crippen molar-refractivity contribution in [3.05, 3.63) is 40.7 Å². The lowest BCUT2D eigenvalue weighted by atomic mass is 10.1. The zero-order chi connectivity index (χ0) is 16.5. The van der Waals surface area contributed by atoms with Crippen LogP contribution in [0.3, 0.4) is 0 Å². The number of rotatable bonds is 3. The average Bonchev–Trinajstić information content (AvgIpc) is 3.23. The molecular formula is C16H17ClN4O3. The van der Waals surface area contributed by atoms with Crippen LogP contribution in [0.1, 0.15) is 16.1 Å². The summed E-state index contributed by atoms with van der Waals surface area (Å²) in [5.41, 5.74) is 1.54. The van der Waals surface area contributed by atoms with Crippen LogP contribution in [0.25, 0.3) is 0 Å². The van der Waals surface area contributed by atoms with Crippen LogP contribution < -0.4 is 9.47 Å². The Kier molecular flexibility index (Phi) is 4.03. The van der Waals surface area contributed by atoms with E-state index in [-0.39, 0.29) is 12.7 Å². The van der Waals surface area contributed by atoms with Crippen molar-refractivity contribution in [3.8, 4) is 11.5 Å². The summed E-state index contributed by atoms with van der Waals surface area (Å²) < 4.78 is 10.7. The van der Waals surface area contributed by atoms with Crippen LogP contribution in [0, 0.1) is 0 Å². The van der Waals surface area contributed by atoms with Crippen LogP contribution in [0.5, 0.6) is 11.5 Å². The number of ether oxygens (including phenoxy) is 2. The van der Waals surface area contributed by atoms with Crippen molar-refractivity contribution in [1.82, 2.24) is 20.0 Å². The van der Waals surface area contributed by atoms with Crippen LogP contribution in [0.4, 0.5) is 0 Å². The molecule has 0 unspecified atom stereocenters. The highest BCUT2D eigenvalue weighted by atomic mass is 35.5. The second-order valence-electron chi connectivity index (χ2n) is 5.85. The number of aromatic amines is 1. The van der Waals surface area contributed by atoms with Gasteiger partial charge < -0.3 is 14.4 Å². The molecule has 7 nitrogen and oxygen atoms in total. The summed E-state index contributed by atoms with van der Waals surface area (Å²) in [7, 11) is 0. The molecule has 1 aromatic heterocycles. The van der Waals surface area contributed by atoms with Gasteiger partial charge in [0.2, 0.25) is 6.79 Å². The lowest BCUT2D eigenvalue weighted by molar-refractivity contribution is 0.0623. The Morgan fingerprint density at radius 3 is 2.75 bits per heavy atom. The molecule has 1 aromatic carbocycles. The Morgan fingerprint density at radius 2 is 2.00 bits per heavy atom. The van der Waals surface area contributed by atoms with Gasteiger partial charge in [-0.1, -0.05) is 17.7 Å². The van der Waals surface area contributed by atoms with Crippen LogP contribution in [0.2, 0.25) is 5.02 Å². The molecule has 0 aliphatic carbocycles. The molecular weight excluding hydrogens is 332 g/mol. The van der Waals surface area contributed by atoms with Crippen molar-refractivity contribution in [2.75, 3.05) is 33.0 Å². The Balaban J connectivity index is 1.35. The number of amides is 1. The van der Waals surface area contributed by atoms with Gasteiger partial charge in [-0.05, 0) is 17.7 Å². The smallest absolute Gasteiger partial charge is 0.273 e. The van der Waals surface area contributed by atoms with Gasteiger partial charge in [-0.15, -0.1) is 0 Å². The minimum absolute atomic E-state index is 0.0970. The van der Waals surface area contributed by atoms with E-state index < -0.39 is 0 Å². The minimum Gasteiger partial charge on any atom is -0.454 e. The first-order chi connectivity index (χ1) is 11.7. The molecule has 0 bridgehead atoms. The lowest BCUT2D eigenvalue weighted by Gasteiger charge is -2.34. The summed E-state index contributed by atoms with van der Waals surface area (Å²) in [6.07, 6.45) is 1.45. The number of carbonyl (C=O) groups excluding carboxylic acids is 1. The largest absolute Gasteiger partial charge is 0.454 e. The normalized spacial score (nSPS) is 17.3. The first-order valence-corrected chi connectivity index (χ1v) is 8.17. The number of H-pyrrole nitrogens is 1. The van der Waals surface area contributed by atoms with Gasteiger partial charge in [-0.3, -0.25) is 14.8 Å². The number of halogens is 1. The monoisotopic (exact) mass is 348 g/mol. The van der Waals surface area contributed by atoms with Crippen LogP contribution >= 0.6 is 11.6 Å². The molecule has 24 heavy (non-hydrogen) atoms. The maximum absolute atomic E-state index is 12.4. The van der Waals surface area contributed by atoms with Crippen LogP contribution in [-0.2, 0) is 6.54 Å². The highest BCUT2D eigenvalue weighted by Gasteiger charge is 2.25. The third kappa shape index (κ3) is 2.92. The van der Waals surface area contributed by atoms with Crippen LogP contribution in [-0.4, -0.2) is 58.9 Å². The quantitative estimate of drug-likeness (QED) is 0.915. The zero-order valence-electron chi connectivity index (χ0n) is 13.0. The number of carbonyl (C=O) groups is 1. The van der Waals surface area contributed by atoms with Crippen molar-refractivity contribution in [3.63, 3.8) is 0 Å². The topological polar surface area (TPSA) is 70.7 Å². The molecule has 8 heteroatoms. The van der Waals surface area contributed by atoms with Gasteiger partial charge in [0.25, 0.3) is 5.91 Å². The fourth-order valence-electron chi connectivity index (χ4n) is 2.99. The second kappa shape index (κ2) is 6.33.